The Kier molecular flexibility index (Phi) is 7.67. The molecule has 0 amide bonds. The van der Waals surface area contributed by atoms with E-state index in [2.05, 4.69) is 5.16 Å². The second kappa shape index (κ2) is 10.9. The Morgan fingerprint density at radius 3 is 2.31 bits per heavy atom. The fourth-order valence-corrected chi connectivity index (χ4v) is 5.17. The molecule has 2 aliphatic heterocycles. The molecule has 10 heteroatoms. The van der Waals surface area contributed by atoms with Crippen molar-refractivity contribution in [1.29, 1.82) is 0 Å². The first kappa shape index (κ1) is 27.5. The molecule has 2 aliphatic rings. The van der Waals surface area contributed by atoms with Crippen LogP contribution < -0.4 is 4.74 Å². The van der Waals surface area contributed by atoms with Gasteiger partial charge in [0.1, 0.15) is 42.5 Å². The Balaban J connectivity index is 1.32. The van der Waals surface area contributed by atoms with Crippen molar-refractivity contribution >= 4 is 17.3 Å². The predicted molar refractivity (Wildman–Crippen MR) is 143 cm³/mol. The fraction of sp³-hybridized carbons (Fsp3) is 0.345. The molecule has 39 heavy (non-hydrogen) atoms. The van der Waals surface area contributed by atoms with Crippen LogP contribution >= 0.6 is 11.6 Å². The average Bonchev–Trinajstić information content (AvgIpc) is 3.34. The number of aliphatic hydroxyl groups is 4. The maximum Gasteiger partial charge on any atom is 0.225 e. The molecule has 2 heterocycles. The topological polar surface area (TPSA) is 130 Å². The molecule has 0 aliphatic carbocycles. The van der Waals surface area contributed by atoms with Gasteiger partial charge in [0.15, 0.2) is 0 Å². The lowest BCUT2D eigenvalue weighted by atomic mass is 9.83. The zero-order valence-corrected chi connectivity index (χ0v) is 22.2. The van der Waals surface area contributed by atoms with Gasteiger partial charge in [-0.1, -0.05) is 35.0 Å². The van der Waals surface area contributed by atoms with E-state index in [1.165, 1.54) is 7.11 Å². The molecular weight excluding hydrogens is 526 g/mol. The van der Waals surface area contributed by atoms with Gasteiger partial charge in [-0.25, -0.2) is 0 Å². The van der Waals surface area contributed by atoms with Crippen LogP contribution in [0.5, 0.6) is 11.5 Å². The van der Waals surface area contributed by atoms with Gasteiger partial charge in [0, 0.05) is 10.6 Å². The molecular formula is C29H30ClNO8. The molecule has 2 bridgehead atoms. The van der Waals surface area contributed by atoms with Crippen LogP contribution in [0.4, 0.5) is 0 Å². The number of halogens is 1. The fourth-order valence-electron chi connectivity index (χ4n) is 4.99. The Labute approximate surface area is 230 Å². The normalized spacial score (nSPS) is 28.4. The van der Waals surface area contributed by atoms with Gasteiger partial charge in [-0.05, 0) is 78.6 Å². The van der Waals surface area contributed by atoms with Crippen molar-refractivity contribution in [3.63, 3.8) is 0 Å². The van der Waals surface area contributed by atoms with Crippen LogP contribution in [0, 0.1) is 0 Å². The summed E-state index contributed by atoms with van der Waals surface area (Å²) in [6, 6.07) is 20.1. The van der Waals surface area contributed by atoms with Crippen molar-refractivity contribution in [2.75, 3.05) is 20.3 Å². The van der Waals surface area contributed by atoms with E-state index in [-0.39, 0.29) is 6.61 Å². The number of hydrogen-bond acceptors (Lipinski definition) is 9. The van der Waals surface area contributed by atoms with Gasteiger partial charge in [0.25, 0.3) is 0 Å². The zero-order chi connectivity index (χ0) is 27.8. The number of ether oxygens (including phenoxy) is 3. The van der Waals surface area contributed by atoms with E-state index in [0.29, 0.717) is 28.5 Å². The largest absolute Gasteiger partial charge is 0.457 e. The molecule has 2 fully saturated rings. The summed E-state index contributed by atoms with van der Waals surface area (Å²) in [5, 5.41) is 46.0. The maximum atomic E-state index is 10.8. The summed E-state index contributed by atoms with van der Waals surface area (Å²) >= 11 is 6.51. The number of benzene rings is 3. The van der Waals surface area contributed by atoms with Gasteiger partial charge in [-0.15, -0.1) is 0 Å². The molecule has 5 atom stereocenters. The summed E-state index contributed by atoms with van der Waals surface area (Å²) < 4.78 is 17.7. The third-order valence-electron chi connectivity index (χ3n) is 7.23. The third-order valence-corrected chi connectivity index (χ3v) is 7.60. The van der Waals surface area contributed by atoms with Crippen LogP contribution in [0.15, 0.2) is 71.9 Å². The van der Waals surface area contributed by atoms with Crippen LogP contribution in [0.1, 0.15) is 29.2 Å². The van der Waals surface area contributed by atoms with E-state index >= 15 is 0 Å². The minimum absolute atomic E-state index is 0.193. The first-order chi connectivity index (χ1) is 18.7. The minimum Gasteiger partial charge on any atom is -0.457 e. The number of hydrogen-bond donors (Lipinski definition) is 4. The van der Waals surface area contributed by atoms with Gasteiger partial charge in [-0.3, -0.25) is 0 Å². The molecule has 3 aromatic rings. The highest BCUT2D eigenvalue weighted by Crippen LogP contribution is 2.49. The molecule has 2 saturated heterocycles. The van der Waals surface area contributed by atoms with Crippen molar-refractivity contribution in [1.82, 2.24) is 0 Å². The van der Waals surface area contributed by atoms with Crippen molar-refractivity contribution in [3.8, 4) is 11.5 Å². The molecule has 4 N–H and O–H groups in total. The van der Waals surface area contributed by atoms with E-state index in [9.17, 15) is 20.4 Å². The quantitative estimate of drug-likeness (QED) is 0.246. The minimum atomic E-state index is -1.75. The van der Waals surface area contributed by atoms with E-state index in [1.54, 1.807) is 18.2 Å². The smallest absolute Gasteiger partial charge is 0.225 e. The van der Waals surface area contributed by atoms with E-state index in [4.69, 9.17) is 30.6 Å². The first-order valence-electron chi connectivity index (χ1n) is 12.4. The number of rotatable bonds is 8. The summed E-state index contributed by atoms with van der Waals surface area (Å²) in [5.41, 5.74) is 2.28. The van der Waals surface area contributed by atoms with Crippen LogP contribution in [-0.4, -0.2) is 70.4 Å². The number of fused-ring (bicyclic) bond motifs is 2. The summed E-state index contributed by atoms with van der Waals surface area (Å²) in [7, 11) is 1.51. The standard InChI is InChI=1S/C29H30ClNO8/c1-17(31-36-2)19-5-10-23(11-6-19)38-22-8-3-18(4-9-22)13-20-14-21(7-12-24(20)30)29-27(35)25(33)26(34)28(15-32,39-29)16-37-29/h3-12,14,25-27,32-35H,13,15-16H2,1-2H3/b31-17-/t25-,26-,27+,28-,29-/m0/s1. The summed E-state index contributed by atoms with van der Waals surface area (Å²) in [6.45, 7) is 1.09. The van der Waals surface area contributed by atoms with Crippen molar-refractivity contribution in [3.05, 3.63) is 94.0 Å². The Bertz CT molecular complexity index is 1350. The van der Waals surface area contributed by atoms with E-state index < -0.39 is 36.3 Å². The number of nitrogens with zero attached hydrogens (tertiary/aromatic N) is 1. The predicted octanol–water partition coefficient (Wildman–Crippen LogP) is 3.12. The highest BCUT2D eigenvalue weighted by Gasteiger charge is 2.67. The number of aliphatic hydroxyl groups excluding tert-OH is 4. The summed E-state index contributed by atoms with van der Waals surface area (Å²) in [5.74, 6) is -0.402. The van der Waals surface area contributed by atoms with Gasteiger partial charge in [-0.2, -0.15) is 0 Å². The lowest BCUT2D eigenvalue weighted by Gasteiger charge is -2.46. The number of oxime groups is 1. The molecule has 9 nitrogen and oxygen atoms in total. The monoisotopic (exact) mass is 555 g/mol. The van der Waals surface area contributed by atoms with Crippen molar-refractivity contribution in [2.24, 2.45) is 5.16 Å². The lowest BCUT2D eigenvalue weighted by molar-refractivity contribution is -0.329. The van der Waals surface area contributed by atoms with Crippen molar-refractivity contribution in [2.45, 2.75) is 43.0 Å². The van der Waals surface area contributed by atoms with Crippen LogP contribution in [0.3, 0.4) is 0 Å². The molecule has 206 valence electrons. The molecule has 0 unspecified atom stereocenters. The molecule has 0 aromatic heterocycles. The maximum absolute atomic E-state index is 10.8. The molecule has 0 saturated carbocycles. The van der Waals surface area contributed by atoms with Gasteiger partial charge in [0.05, 0.1) is 18.9 Å². The molecule has 3 aromatic carbocycles. The van der Waals surface area contributed by atoms with Crippen molar-refractivity contribution < 1.29 is 39.5 Å². The van der Waals surface area contributed by atoms with Gasteiger partial charge >= 0.3 is 0 Å². The van der Waals surface area contributed by atoms with Crippen LogP contribution in [-0.2, 0) is 26.5 Å². The summed E-state index contributed by atoms with van der Waals surface area (Å²) in [4.78, 5) is 4.81. The highest BCUT2D eigenvalue weighted by atomic mass is 35.5. The van der Waals surface area contributed by atoms with Crippen LogP contribution in [0.2, 0.25) is 5.02 Å². The third kappa shape index (κ3) is 5.03. The SMILES string of the molecule is CO/N=C(/C)c1ccc(Oc2ccc(Cc3cc([C@]45OC[C@](CO)(O4)[C@@H](O)[C@H](O)[C@H]5O)ccc3Cl)cc2)cc1. The molecule has 0 radical (unpaired) electrons. The van der Waals surface area contributed by atoms with E-state index in [1.807, 2.05) is 55.5 Å². The van der Waals surface area contributed by atoms with E-state index in [0.717, 1.165) is 22.4 Å². The van der Waals surface area contributed by atoms with Gasteiger partial charge < -0.3 is 39.5 Å². The first-order valence-corrected chi connectivity index (χ1v) is 12.8. The molecule has 5 rings (SSSR count). The second-order valence-electron chi connectivity index (χ2n) is 9.77. The average molecular weight is 556 g/mol. The second-order valence-corrected chi connectivity index (χ2v) is 10.2. The molecule has 0 spiro atoms. The zero-order valence-electron chi connectivity index (χ0n) is 21.5. The Hall–Kier alpha value is -3.02. The van der Waals surface area contributed by atoms with Gasteiger partial charge in [0.2, 0.25) is 5.79 Å². The lowest BCUT2D eigenvalue weighted by Crippen LogP contribution is -2.65. The van der Waals surface area contributed by atoms with Crippen LogP contribution in [0.25, 0.3) is 0 Å². The summed E-state index contributed by atoms with van der Waals surface area (Å²) in [6.07, 6.45) is -4.20. The Morgan fingerprint density at radius 1 is 1.00 bits per heavy atom. The Morgan fingerprint density at radius 2 is 1.67 bits per heavy atom. The highest BCUT2D eigenvalue weighted by molar-refractivity contribution is 6.31.